The van der Waals surface area contributed by atoms with Crippen molar-refractivity contribution in [3.63, 3.8) is 0 Å². The molecule has 0 radical (unpaired) electrons. The zero-order valence-corrected chi connectivity index (χ0v) is 10.9. The van der Waals surface area contributed by atoms with Gasteiger partial charge in [-0.05, 0) is 12.1 Å². The van der Waals surface area contributed by atoms with Crippen LogP contribution in [0.25, 0.3) is 0 Å². The predicted octanol–water partition coefficient (Wildman–Crippen LogP) is 2.86. The first-order valence-electron chi connectivity index (χ1n) is 6.15. The second kappa shape index (κ2) is 6.19. The van der Waals surface area contributed by atoms with Gasteiger partial charge in [-0.1, -0.05) is 20.8 Å². The van der Waals surface area contributed by atoms with Gasteiger partial charge in [-0.3, -0.25) is 14.4 Å². The van der Waals surface area contributed by atoms with Crippen LogP contribution in [0.5, 0.6) is 0 Å². The van der Waals surface area contributed by atoms with Crippen LogP contribution in [-0.2, 0) is 0 Å². The van der Waals surface area contributed by atoms with Gasteiger partial charge in [-0.2, -0.15) is 0 Å². The zero-order chi connectivity index (χ0) is 13.7. The normalized spacial score (nSPS) is 10.2. The number of pyridine rings is 1. The van der Waals surface area contributed by atoms with Gasteiger partial charge in [0.2, 0.25) is 0 Å². The van der Waals surface area contributed by atoms with E-state index in [2.05, 4.69) is 4.98 Å². The maximum Gasteiger partial charge on any atom is 0.180 e. The lowest BCUT2D eigenvalue weighted by Crippen LogP contribution is -2.11. The third kappa shape index (κ3) is 3.09. The number of ketones is 3. The molecule has 0 spiro atoms. The Morgan fingerprint density at radius 2 is 1.22 bits per heavy atom. The Morgan fingerprint density at radius 1 is 0.833 bits per heavy atom. The number of carbonyl (C=O) groups is 3. The van der Waals surface area contributed by atoms with Crippen LogP contribution in [-0.4, -0.2) is 22.3 Å². The molecule has 0 amide bonds. The first-order valence-corrected chi connectivity index (χ1v) is 6.15. The van der Waals surface area contributed by atoms with E-state index >= 15 is 0 Å². The second-order valence-electron chi connectivity index (χ2n) is 3.96. The quantitative estimate of drug-likeness (QED) is 0.725. The number of rotatable bonds is 6. The molecule has 1 heterocycles. The van der Waals surface area contributed by atoms with Crippen LogP contribution in [0.4, 0.5) is 0 Å². The lowest BCUT2D eigenvalue weighted by atomic mass is 10.0. The van der Waals surface area contributed by atoms with Crippen molar-refractivity contribution in [1.29, 1.82) is 0 Å². The van der Waals surface area contributed by atoms with Crippen LogP contribution in [0.1, 0.15) is 71.4 Å². The predicted molar refractivity (Wildman–Crippen MR) is 68.1 cm³/mol. The minimum Gasteiger partial charge on any atom is -0.294 e. The van der Waals surface area contributed by atoms with Gasteiger partial charge >= 0.3 is 0 Å². The molecule has 0 aliphatic carbocycles. The van der Waals surface area contributed by atoms with E-state index in [1.807, 2.05) is 0 Å². The van der Waals surface area contributed by atoms with Gasteiger partial charge in [0.15, 0.2) is 17.3 Å². The fraction of sp³-hybridized carbons (Fsp3) is 0.429. The molecular weight excluding hydrogens is 230 g/mol. The molecule has 4 heteroatoms. The highest BCUT2D eigenvalue weighted by Gasteiger charge is 2.15. The molecular formula is C14H17NO3. The summed E-state index contributed by atoms with van der Waals surface area (Å²) in [4.78, 5) is 39.0. The molecule has 0 saturated heterocycles. The Kier molecular flexibility index (Phi) is 4.89. The molecule has 0 bridgehead atoms. The SMILES string of the molecule is CCC(=O)c1cc(C(=O)CC)nc(C(=O)CC)c1. The van der Waals surface area contributed by atoms with Crippen LogP contribution in [0.15, 0.2) is 12.1 Å². The summed E-state index contributed by atoms with van der Waals surface area (Å²) in [6.45, 7) is 5.19. The Balaban J connectivity index is 3.32. The third-order valence-electron chi connectivity index (χ3n) is 2.68. The van der Waals surface area contributed by atoms with E-state index in [9.17, 15) is 14.4 Å². The van der Waals surface area contributed by atoms with E-state index in [1.54, 1.807) is 20.8 Å². The van der Waals surface area contributed by atoms with E-state index in [1.165, 1.54) is 12.1 Å². The highest BCUT2D eigenvalue weighted by molar-refractivity contribution is 6.03. The van der Waals surface area contributed by atoms with Crippen molar-refractivity contribution in [2.45, 2.75) is 40.0 Å². The van der Waals surface area contributed by atoms with E-state index < -0.39 is 0 Å². The van der Waals surface area contributed by atoms with Crippen LogP contribution >= 0.6 is 0 Å². The molecule has 96 valence electrons. The molecule has 0 aliphatic rings. The average Bonchev–Trinajstić information content (AvgIpc) is 2.43. The Hall–Kier alpha value is -1.84. The molecule has 0 unspecified atom stereocenters. The van der Waals surface area contributed by atoms with Crippen molar-refractivity contribution in [3.8, 4) is 0 Å². The van der Waals surface area contributed by atoms with Gasteiger partial charge < -0.3 is 0 Å². The van der Waals surface area contributed by atoms with E-state index in [0.29, 0.717) is 24.8 Å². The van der Waals surface area contributed by atoms with E-state index in [4.69, 9.17) is 0 Å². The second-order valence-corrected chi connectivity index (χ2v) is 3.96. The Morgan fingerprint density at radius 3 is 1.56 bits per heavy atom. The van der Waals surface area contributed by atoms with Crippen molar-refractivity contribution in [2.24, 2.45) is 0 Å². The minimum absolute atomic E-state index is 0.0901. The summed E-state index contributed by atoms with van der Waals surface area (Å²) in [6.07, 6.45) is 0.941. The number of carbonyl (C=O) groups excluding carboxylic acids is 3. The fourth-order valence-electron chi connectivity index (χ4n) is 1.54. The number of aromatic nitrogens is 1. The first kappa shape index (κ1) is 14.2. The van der Waals surface area contributed by atoms with Crippen molar-refractivity contribution in [3.05, 3.63) is 29.1 Å². The number of hydrogen-bond donors (Lipinski definition) is 0. The molecule has 1 aromatic rings. The maximum absolute atomic E-state index is 11.7. The van der Waals surface area contributed by atoms with Gasteiger partial charge in [0.05, 0.1) is 0 Å². The van der Waals surface area contributed by atoms with Crippen molar-refractivity contribution in [1.82, 2.24) is 4.98 Å². The van der Waals surface area contributed by atoms with Crippen molar-refractivity contribution >= 4 is 17.3 Å². The molecule has 18 heavy (non-hydrogen) atoms. The lowest BCUT2D eigenvalue weighted by molar-refractivity contribution is 0.0979. The van der Waals surface area contributed by atoms with Crippen LogP contribution in [0.3, 0.4) is 0 Å². The van der Waals surface area contributed by atoms with Crippen LogP contribution < -0.4 is 0 Å². The summed E-state index contributed by atoms with van der Waals surface area (Å²) in [7, 11) is 0. The molecule has 0 N–H and O–H groups in total. The van der Waals surface area contributed by atoms with Crippen LogP contribution in [0.2, 0.25) is 0 Å². The van der Waals surface area contributed by atoms with Gasteiger partial charge in [-0.25, -0.2) is 4.98 Å². The Bertz CT molecular complexity index is 408. The summed E-state index contributed by atoms with van der Waals surface area (Å²) >= 11 is 0. The molecule has 0 saturated carbocycles. The number of nitrogens with zero attached hydrogens (tertiary/aromatic N) is 1. The molecule has 0 aliphatic heterocycles. The third-order valence-corrected chi connectivity index (χ3v) is 2.68. The van der Waals surface area contributed by atoms with E-state index in [-0.39, 0.29) is 28.7 Å². The highest BCUT2D eigenvalue weighted by atomic mass is 16.1. The minimum atomic E-state index is -0.161. The summed E-state index contributed by atoms with van der Waals surface area (Å²) in [6, 6.07) is 2.95. The summed E-state index contributed by atoms with van der Waals surface area (Å²) in [5, 5.41) is 0. The largest absolute Gasteiger partial charge is 0.294 e. The first-order chi connectivity index (χ1) is 8.53. The maximum atomic E-state index is 11.7. The van der Waals surface area contributed by atoms with Gasteiger partial charge in [0.1, 0.15) is 11.4 Å². The van der Waals surface area contributed by atoms with Gasteiger partial charge in [0.25, 0.3) is 0 Å². The van der Waals surface area contributed by atoms with Crippen molar-refractivity contribution < 1.29 is 14.4 Å². The molecule has 0 fully saturated rings. The number of hydrogen-bond acceptors (Lipinski definition) is 4. The molecule has 0 aromatic carbocycles. The molecule has 1 rings (SSSR count). The highest BCUT2D eigenvalue weighted by Crippen LogP contribution is 2.12. The Labute approximate surface area is 106 Å². The lowest BCUT2D eigenvalue weighted by Gasteiger charge is -2.05. The molecule has 1 aromatic heterocycles. The number of Topliss-reactive ketones (excluding diaryl/α,β-unsaturated/α-hetero) is 3. The summed E-state index contributed by atoms with van der Waals surface area (Å²) in [5.74, 6) is -0.412. The van der Waals surface area contributed by atoms with Gasteiger partial charge in [-0.15, -0.1) is 0 Å². The smallest absolute Gasteiger partial charge is 0.180 e. The van der Waals surface area contributed by atoms with Crippen molar-refractivity contribution in [2.75, 3.05) is 0 Å². The topological polar surface area (TPSA) is 64.1 Å². The zero-order valence-electron chi connectivity index (χ0n) is 10.9. The summed E-state index contributed by atoms with van der Waals surface area (Å²) in [5.41, 5.74) is 0.795. The van der Waals surface area contributed by atoms with E-state index in [0.717, 1.165) is 0 Å². The molecule has 4 nitrogen and oxygen atoms in total. The van der Waals surface area contributed by atoms with Crippen LogP contribution in [0, 0.1) is 0 Å². The molecule has 0 atom stereocenters. The summed E-state index contributed by atoms with van der Waals surface area (Å²) < 4.78 is 0. The standard InChI is InChI=1S/C14H17NO3/c1-4-12(16)9-7-10(13(17)5-2)15-11(8-9)14(18)6-3/h7-8H,4-6H2,1-3H3. The van der Waals surface area contributed by atoms with Gasteiger partial charge in [0, 0.05) is 24.8 Å². The monoisotopic (exact) mass is 247 g/mol. The fourth-order valence-corrected chi connectivity index (χ4v) is 1.54. The average molecular weight is 247 g/mol.